The maximum absolute atomic E-state index is 5.25. The smallest absolute Gasteiger partial charge is 0.232 e. The van der Waals surface area contributed by atoms with Crippen LogP contribution in [0.25, 0.3) is 0 Å². The molecule has 1 atom stereocenters. The highest BCUT2D eigenvalue weighted by Gasteiger charge is 2.29. The van der Waals surface area contributed by atoms with Crippen LogP contribution in [-0.2, 0) is 0 Å². The highest BCUT2D eigenvalue weighted by Crippen LogP contribution is 2.28. The summed E-state index contributed by atoms with van der Waals surface area (Å²) >= 11 is 3.39. The fraction of sp³-hybridized carbons (Fsp3) is 0.692. The molecule has 1 N–H and O–H groups in total. The van der Waals surface area contributed by atoms with E-state index >= 15 is 0 Å². The summed E-state index contributed by atoms with van der Waals surface area (Å²) < 4.78 is 6.05. The molecule has 19 heavy (non-hydrogen) atoms. The van der Waals surface area contributed by atoms with Crippen LogP contribution in [0.15, 0.2) is 10.7 Å². The first kappa shape index (κ1) is 13.1. The summed E-state index contributed by atoms with van der Waals surface area (Å²) in [4.78, 5) is 11.2. The summed E-state index contributed by atoms with van der Waals surface area (Å²) in [6, 6.07) is 1.26. The topological polar surface area (TPSA) is 50.3 Å². The molecule has 2 heterocycles. The minimum absolute atomic E-state index is 0.506. The van der Waals surface area contributed by atoms with Crippen molar-refractivity contribution in [2.45, 2.75) is 37.8 Å². The van der Waals surface area contributed by atoms with Gasteiger partial charge in [0.15, 0.2) is 0 Å². The molecule has 1 saturated heterocycles. The van der Waals surface area contributed by atoms with Gasteiger partial charge in [0.25, 0.3) is 0 Å². The number of hydrogen-bond donors (Lipinski definition) is 1. The molecule has 1 unspecified atom stereocenters. The highest BCUT2D eigenvalue weighted by molar-refractivity contribution is 9.10. The van der Waals surface area contributed by atoms with Gasteiger partial charge in [-0.25, -0.2) is 4.98 Å². The third-order valence-corrected chi connectivity index (χ3v) is 4.29. The molecule has 1 aliphatic heterocycles. The Hall–Kier alpha value is -0.880. The predicted molar refractivity (Wildman–Crippen MR) is 77.7 cm³/mol. The monoisotopic (exact) mass is 326 g/mol. The Morgan fingerprint density at radius 2 is 2.32 bits per heavy atom. The van der Waals surface area contributed by atoms with Gasteiger partial charge in [0.2, 0.25) is 11.8 Å². The maximum Gasteiger partial charge on any atom is 0.232 e. The van der Waals surface area contributed by atoms with Gasteiger partial charge in [-0.1, -0.05) is 0 Å². The van der Waals surface area contributed by atoms with Crippen molar-refractivity contribution in [2.75, 3.05) is 25.1 Å². The number of anilines is 1. The molecule has 0 spiro atoms. The van der Waals surface area contributed by atoms with E-state index in [1.165, 1.54) is 25.7 Å². The lowest BCUT2D eigenvalue weighted by atomic mass is 10.2. The van der Waals surface area contributed by atoms with Gasteiger partial charge >= 0.3 is 0 Å². The first-order chi connectivity index (χ1) is 9.28. The Bertz CT molecular complexity index is 452. The second-order valence-corrected chi connectivity index (χ2v) is 6.05. The fourth-order valence-corrected chi connectivity index (χ4v) is 2.88. The van der Waals surface area contributed by atoms with Crippen LogP contribution in [0.1, 0.15) is 25.7 Å². The Morgan fingerprint density at radius 3 is 3.05 bits per heavy atom. The zero-order valence-electron chi connectivity index (χ0n) is 11.1. The number of nitrogens with one attached hydrogen (secondary N) is 1. The Kier molecular flexibility index (Phi) is 3.88. The van der Waals surface area contributed by atoms with Crippen molar-refractivity contribution >= 4 is 21.9 Å². The van der Waals surface area contributed by atoms with Gasteiger partial charge in [-0.2, -0.15) is 4.98 Å². The van der Waals surface area contributed by atoms with Crippen molar-refractivity contribution in [3.63, 3.8) is 0 Å². The molecule has 0 amide bonds. The molecular formula is C13H19BrN4O. The van der Waals surface area contributed by atoms with E-state index in [4.69, 9.17) is 4.74 Å². The Balaban J connectivity index is 1.71. The van der Waals surface area contributed by atoms with E-state index in [-0.39, 0.29) is 0 Å². The van der Waals surface area contributed by atoms with Crippen molar-refractivity contribution in [1.82, 2.24) is 15.3 Å². The van der Waals surface area contributed by atoms with Crippen LogP contribution in [-0.4, -0.2) is 42.3 Å². The van der Waals surface area contributed by atoms with Crippen LogP contribution in [0.3, 0.4) is 0 Å². The van der Waals surface area contributed by atoms with E-state index in [9.17, 15) is 0 Å². The van der Waals surface area contributed by atoms with Gasteiger partial charge in [-0.3, -0.25) is 0 Å². The summed E-state index contributed by atoms with van der Waals surface area (Å²) in [5.41, 5.74) is 0. The van der Waals surface area contributed by atoms with E-state index in [0.29, 0.717) is 11.9 Å². The predicted octanol–water partition coefficient (Wildman–Crippen LogP) is 1.97. The lowest BCUT2D eigenvalue weighted by Crippen LogP contribution is -2.39. The van der Waals surface area contributed by atoms with Crippen LogP contribution in [0.5, 0.6) is 5.88 Å². The lowest BCUT2D eigenvalue weighted by molar-refractivity contribution is 0.393. The van der Waals surface area contributed by atoms with Crippen LogP contribution in [0.4, 0.5) is 5.95 Å². The van der Waals surface area contributed by atoms with Crippen LogP contribution in [0, 0.1) is 0 Å². The zero-order valence-corrected chi connectivity index (χ0v) is 12.7. The second kappa shape index (κ2) is 5.63. The van der Waals surface area contributed by atoms with E-state index < -0.39 is 0 Å². The lowest BCUT2D eigenvalue weighted by Gasteiger charge is -2.25. The Labute approximate surface area is 121 Å². The summed E-state index contributed by atoms with van der Waals surface area (Å²) in [7, 11) is 1.63. The molecule has 0 aromatic carbocycles. The first-order valence-electron chi connectivity index (χ1n) is 6.84. The zero-order chi connectivity index (χ0) is 13.2. The van der Waals surface area contributed by atoms with Gasteiger partial charge < -0.3 is 15.0 Å². The third-order valence-electron chi connectivity index (χ3n) is 3.75. The minimum Gasteiger partial charge on any atom is -0.480 e. The molecule has 104 valence electrons. The van der Waals surface area contributed by atoms with Gasteiger partial charge in [0.05, 0.1) is 17.8 Å². The largest absolute Gasteiger partial charge is 0.480 e. The van der Waals surface area contributed by atoms with Gasteiger partial charge in [0, 0.05) is 25.2 Å². The number of methoxy groups -OCH3 is 1. The molecule has 0 bridgehead atoms. The van der Waals surface area contributed by atoms with Crippen molar-refractivity contribution in [3.8, 4) is 5.88 Å². The van der Waals surface area contributed by atoms with Gasteiger partial charge in [-0.15, -0.1) is 0 Å². The Morgan fingerprint density at radius 1 is 1.47 bits per heavy atom. The fourth-order valence-electron chi connectivity index (χ4n) is 2.53. The van der Waals surface area contributed by atoms with Crippen LogP contribution >= 0.6 is 15.9 Å². The maximum atomic E-state index is 5.25. The summed E-state index contributed by atoms with van der Waals surface area (Å²) in [5, 5.41) is 3.60. The van der Waals surface area contributed by atoms with E-state index in [2.05, 4.69) is 36.1 Å². The van der Waals surface area contributed by atoms with E-state index in [1.807, 2.05) is 0 Å². The number of aromatic nitrogens is 2. The average Bonchev–Trinajstić information content (AvgIpc) is 3.14. The molecule has 1 aromatic rings. The van der Waals surface area contributed by atoms with Gasteiger partial charge in [0.1, 0.15) is 0 Å². The first-order valence-corrected chi connectivity index (χ1v) is 7.64. The standard InChI is InChI=1S/C13H19BrN4O/c1-19-12-11(14)8-16-13(17-12)18-6-2-3-10(18)7-15-9-4-5-9/h8-10,15H,2-7H2,1H3. The minimum atomic E-state index is 0.506. The average molecular weight is 327 g/mol. The number of ether oxygens (including phenoxy) is 1. The quantitative estimate of drug-likeness (QED) is 0.896. The SMILES string of the molecule is COc1nc(N2CCCC2CNC2CC2)ncc1Br. The van der Waals surface area contributed by atoms with Crippen LogP contribution < -0.4 is 15.0 Å². The molecule has 2 fully saturated rings. The summed E-state index contributed by atoms with van der Waals surface area (Å²) in [6.07, 6.45) is 6.84. The van der Waals surface area contributed by atoms with E-state index in [0.717, 1.165) is 29.6 Å². The van der Waals surface area contributed by atoms with Crippen molar-refractivity contribution < 1.29 is 4.74 Å². The molecule has 6 heteroatoms. The number of halogens is 1. The van der Waals surface area contributed by atoms with Crippen molar-refractivity contribution in [3.05, 3.63) is 10.7 Å². The molecule has 2 aliphatic rings. The van der Waals surface area contributed by atoms with Crippen LogP contribution in [0.2, 0.25) is 0 Å². The number of hydrogen-bond acceptors (Lipinski definition) is 5. The molecule has 1 aliphatic carbocycles. The molecule has 1 aromatic heterocycles. The molecule has 1 saturated carbocycles. The summed E-state index contributed by atoms with van der Waals surface area (Å²) in [5.74, 6) is 1.38. The summed E-state index contributed by atoms with van der Waals surface area (Å²) in [6.45, 7) is 2.06. The van der Waals surface area contributed by atoms with E-state index in [1.54, 1.807) is 13.3 Å². The number of rotatable bonds is 5. The molecule has 5 nitrogen and oxygen atoms in total. The number of nitrogens with zero attached hydrogens (tertiary/aromatic N) is 3. The normalized spacial score (nSPS) is 22.8. The second-order valence-electron chi connectivity index (χ2n) is 5.20. The van der Waals surface area contributed by atoms with Crippen molar-refractivity contribution in [1.29, 1.82) is 0 Å². The third kappa shape index (κ3) is 3.00. The highest BCUT2D eigenvalue weighted by atomic mass is 79.9. The van der Waals surface area contributed by atoms with Gasteiger partial charge in [-0.05, 0) is 41.6 Å². The molecule has 0 radical (unpaired) electrons. The van der Waals surface area contributed by atoms with Crippen molar-refractivity contribution in [2.24, 2.45) is 0 Å². The molecule has 3 rings (SSSR count). The molecular weight excluding hydrogens is 308 g/mol.